The second-order valence-corrected chi connectivity index (χ2v) is 10.6. The van der Waals surface area contributed by atoms with Crippen LogP contribution in [0.2, 0.25) is 0 Å². The third-order valence-electron chi connectivity index (χ3n) is 8.06. The minimum atomic E-state index is 0.291. The van der Waals surface area contributed by atoms with Gasteiger partial charge >= 0.3 is 0 Å². The molecule has 9 heteroatoms. The molecule has 9 nitrogen and oxygen atoms in total. The Morgan fingerprint density at radius 1 is 0.912 bits per heavy atom. The first-order valence-corrected chi connectivity index (χ1v) is 13.6. The van der Waals surface area contributed by atoms with E-state index in [0.717, 1.165) is 93.9 Å². The Hall–Kier alpha value is -1.97. The van der Waals surface area contributed by atoms with E-state index in [1.54, 1.807) is 0 Å². The number of likely N-dealkylation sites (tertiary alicyclic amines) is 1. The summed E-state index contributed by atoms with van der Waals surface area (Å²) in [7, 11) is 0. The topological polar surface area (TPSA) is 117 Å². The van der Waals surface area contributed by atoms with E-state index < -0.39 is 0 Å². The van der Waals surface area contributed by atoms with Crippen molar-refractivity contribution >= 4 is 22.9 Å². The molecule has 2 aromatic heterocycles. The van der Waals surface area contributed by atoms with Crippen LogP contribution in [0.4, 0.5) is 11.8 Å². The molecule has 5 rings (SSSR count). The monoisotopic (exact) mass is 470 g/mol. The lowest BCUT2D eigenvalue weighted by atomic mass is 9.92. The van der Waals surface area contributed by atoms with Crippen molar-refractivity contribution in [2.75, 3.05) is 36.9 Å². The summed E-state index contributed by atoms with van der Waals surface area (Å²) in [6, 6.07) is 1.60. The van der Waals surface area contributed by atoms with Crippen LogP contribution in [-0.2, 0) is 0 Å². The van der Waals surface area contributed by atoms with E-state index in [9.17, 15) is 0 Å². The molecule has 2 aliphatic carbocycles. The number of hydrogen-bond acceptors (Lipinski definition) is 8. The fourth-order valence-electron chi connectivity index (χ4n) is 5.92. The first-order valence-electron chi connectivity index (χ1n) is 13.6. The number of nitrogens with one attached hydrogen (secondary N) is 2. The standard InChI is InChI=1S/C25H42N8O/c26-18-7-9-19(10-8-18)29-25-30-23(28-20-11-14-32(15-12-20)13-3-4-16-34)22-24(31-25)33(17-27-22)21-5-1-2-6-21/h17-21,34H,1-16,26H2,(H2,28,29,30,31). The van der Waals surface area contributed by atoms with E-state index in [1.165, 1.54) is 25.7 Å². The van der Waals surface area contributed by atoms with E-state index >= 15 is 0 Å². The van der Waals surface area contributed by atoms with Gasteiger partial charge in [0.15, 0.2) is 17.0 Å². The van der Waals surface area contributed by atoms with Crippen molar-refractivity contribution in [1.82, 2.24) is 24.4 Å². The van der Waals surface area contributed by atoms with E-state index in [1.807, 2.05) is 6.33 Å². The van der Waals surface area contributed by atoms with E-state index in [-0.39, 0.29) is 0 Å². The minimum Gasteiger partial charge on any atom is -0.396 e. The molecule has 0 atom stereocenters. The van der Waals surface area contributed by atoms with Gasteiger partial charge in [0, 0.05) is 43.9 Å². The summed E-state index contributed by atoms with van der Waals surface area (Å²) in [6.07, 6.45) is 15.4. The predicted molar refractivity (Wildman–Crippen MR) is 136 cm³/mol. The highest BCUT2D eigenvalue weighted by molar-refractivity contribution is 5.84. The maximum atomic E-state index is 9.04. The maximum absolute atomic E-state index is 9.04. The van der Waals surface area contributed by atoms with Gasteiger partial charge in [-0.1, -0.05) is 12.8 Å². The Bertz CT molecular complexity index is 911. The Morgan fingerprint density at radius 3 is 2.38 bits per heavy atom. The minimum absolute atomic E-state index is 0.291. The molecule has 0 spiro atoms. The smallest absolute Gasteiger partial charge is 0.227 e. The van der Waals surface area contributed by atoms with E-state index in [0.29, 0.717) is 30.8 Å². The number of nitrogens with zero attached hydrogens (tertiary/aromatic N) is 5. The van der Waals surface area contributed by atoms with Crippen LogP contribution in [0.1, 0.15) is 83.1 Å². The largest absolute Gasteiger partial charge is 0.396 e. The van der Waals surface area contributed by atoms with Crippen LogP contribution in [-0.4, -0.2) is 73.9 Å². The molecule has 188 valence electrons. The third-order valence-corrected chi connectivity index (χ3v) is 8.06. The van der Waals surface area contributed by atoms with Gasteiger partial charge in [0.25, 0.3) is 0 Å². The number of imidazole rings is 1. The first-order chi connectivity index (χ1) is 16.7. The van der Waals surface area contributed by atoms with Crippen LogP contribution in [0.15, 0.2) is 6.33 Å². The van der Waals surface area contributed by atoms with Gasteiger partial charge in [-0.15, -0.1) is 0 Å². The van der Waals surface area contributed by atoms with Gasteiger partial charge in [-0.3, -0.25) is 0 Å². The molecule has 1 aliphatic heterocycles. The molecular weight excluding hydrogens is 428 g/mol. The van der Waals surface area contributed by atoms with Crippen molar-refractivity contribution in [3.05, 3.63) is 6.33 Å². The van der Waals surface area contributed by atoms with Crippen LogP contribution >= 0.6 is 0 Å². The van der Waals surface area contributed by atoms with Gasteiger partial charge in [-0.05, 0) is 70.8 Å². The number of aromatic nitrogens is 4. The molecule has 1 saturated heterocycles. The summed E-state index contributed by atoms with van der Waals surface area (Å²) in [5.41, 5.74) is 7.97. The average molecular weight is 471 g/mol. The number of fused-ring (bicyclic) bond motifs is 1. The summed E-state index contributed by atoms with van der Waals surface area (Å²) in [6.45, 7) is 3.54. The number of aliphatic hydroxyl groups is 1. The van der Waals surface area contributed by atoms with E-state index in [2.05, 4.69) is 20.1 Å². The van der Waals surface area contributed by atoms with Gasteiger partial charge < -0.3 is 30.9 Å². The summed E-state index contributed by atoms with van der Waals surface area (Å²) >= 11 is 0. The highest BCUT2D eigenvalue weighted by Gasteiger charge is 2.26. The number of nitrogens with two attached hydrogens (primary N) is 1. The highest BCUT2D eigenvalue weighted by Crippen LogP contribution is 2.33. The number of aliphatic hydroxyl groups excluding tert-OH is 1. The third kappa shape index (κ3) is 5.63. The second-order valence-electron chi connectivity index (χ2n) is 10.6. The van der Waals surface area contributed by atoms with Crippen LogP contribution in [0.25, 0.3) is 11.2 Å². The zero-order valence-corrected chi connectivity index (χ0v) is 20.5. The zero-order chi connectivity index (χ0) is 23.3. The van der Waals surface area contributed by atoms with Crippen molar-refractivity contribution in [3.63, 3.8) is 0 Å². The molecule has 2 saturated carbocycles. The lowest BCUT2D eigenvalue weighted by molar-refractivity contribution is 0.205. The van der Waals surface area contributed by atoms with Crippen molar-refractivity contribution in [1.29, 1.82) is 0 Å². The van der Waals surface area contributed by atoms with Crippen molar-refractivity contribution in [2.24, 2.45) is 5.73 Å². The molecule has 0 bridgehead atoms. The quantitative estimate of drug-likeness (QED) is 0.413. The Labute approximate surface area is 202 Å². The number of piperidine rings is 1. The van der Waals surface area contributed by atoms with E-state index in [4.69, 9.17) is 25.8 Å². The summed E-state index contributed by atoms with van der Waals surface area (Å²) in [4.78, 5) is 17.2. The number of rotatable bonds is 9. The summed E-state index contributed by atoms with van der Waals surface area (Å²) in [5, 5.41) is 16.4. The summed E-state index contributed by atoms with van der Waals surface area (Å²) < 4.78 is 2.29. The Kier molecular flexibility index (Phi) is 7.81. The van der Waals surface area contributed by atoms with Crippen LogP contribution < -0.4 is 16.4 Å². The van der Waals surface area contributed by atoms with Crippen molar-refractivity contribution < 1.29 is 5.11 Å². The summed E-state index contributed by atoms with van der Waals surface area (Å²) in [5.74, 6) is 1.59. The molecule has 3 aliphatic rings. The maximum Gasteiger partial charge on any atom is 0.227 e. The Balaban J connectivity index is 1.32. The fourth-order valence-corrected chi connectivity index (χ4v) is 5.92. The first kappa shape index (κ1) is 23.8. The van der Waals surface area contributed by atoms with Crippen molar-refractivity contribution in [3.8, 4) is 0 Å². The van der Waals surface area contributed by atoms with Crippen molar-refractivity contribution in [2.45, 2.75) is 101 Å². The molecule has 0 aromatic carbocycles. The molecule has 3 fully saturated rings. The molecular formula is C25H42N8O. The molecule has 34 heavy (non-hydrogen) atoms. The predicted octanol–water partition coefficient (Wildman–Crippen LogP) is 3.27. The Morgan fingerprint density at radius 2 is 1.65 bits per heavy atom. The number of anilines is 2. The van der Waals surface area contributed by atoms with Crippen LogP contribution in [0.5, 0.6) is 0 Å². The van der Waals surface area contributed by atoms with Gasteiger partial charge in [0.1, 0.15) is 0 Å². The molecule has 3 heterocycles. The molecule has 5 N–H and O–H groups in total. The van der Waals surface area contributed by atoms with Crippen LogP contribution in [0.3, 0.4) is 0 Å². The number of hydrogen-bond donors (Lipinski definition) is 4. The normalized spacial score (nSPS) is 25.2. The average Bonchev–Trinajstić information content (AvgIpc) is 3.52. The molecule has 0 radical (unpaired) electrons. The fraction of sp³-hybridized carbons (Fsp3) is 0.800. The molecule has 0 unspecified atom stereocenters. The SMILES string of the molecule is NC1CCC(Nc2nc(NC3CCN(CCCCO)CC3)c3ncn(C4CCCC4)c3n2)CC1. The molecule has 0 amide bonds. The van der Waals surface area contributed by atoms with Crippen LogP contribution in [0, 0.1) is 0 Å². The number of unbranched alkanes of at least 4 members (excludes halogenated alkanes) is 1. The highest BCUT2D eigenvalue weighted by atomic mass is 16.2. The van der Waals surface area contributed by atoms with Gasteiger partial charge in [-0.25, -0.2) is 4.98 Å². The van der Waals surface area contributed by atoms with Gasteiger partial charge in [0.2, 0.25) is 5.95 Å². The second kappa shape index (κ2) is 11.2. The lowest BCUT2D eigenvalue weighted by Crippen LogP contribution is -2.39. The van der Waals surface area contributed by atoms with Gasteiger partial charge in [0.05, 0.1) is 6.33 Å². The van der Waals surface area contributed by atoms with Gasteiger partial charge in [-0.2, -0.15) is 9.97 Å². The lowest BCUT2D eigenvalue weighted by Gasteiger charge is -2.32. The zero-order valence-electron chi connectivity index (χ0n) is 20.5. The molecule has 2 aromatic rings.